The molecule has 0 aliphatic rings. The molecule has 0 amide bonds. The first-order valence-electron chi connectivity index (χ1n) is 19.3. The second kappa shape index (κ2) is 13.4. The normalized spacial score (nSPS) is 11.8. The lowest BCUT2D eigenvalue weighted by Gasteiger charge is -2.28. The van der Waals surface area contributed by atoms with Crippen LogP contribution in [0.4, 0.5) is 0 Å². The van der Waals surface area contributed by atoms with Gasteiger partial charge in [0.25, 0.3) is 0 Å². The Bertz CT molecular complexity index is 3020. The number of imidazole rings is 1. The van der Waals surface area contributed by atoms with E-state index in [9.17, 15) is 0 Å². The quantitative estimate of drug-likeness (QED) is 0.171. The van der Waals surface area contributed by atoms with E-state index < -0.39 is 0 Å². The Labute approximate surface area is 327 Å². The molecule has 3 heteroatoms. The second-order valence-corrected chi connectivity index (χ2v) is 15.6. The lowest BCUT2D eigenvalue weighted by atomic mass is 9.81. The van der Waals surface area contributed by atoms with Crippen molar-refractivity contribution in [2.75, 3.05) is 0 Å². The molecular formula is C53H40N2O. The van der Waals surface area contributed by atoms with Crippen LogP contribution in [-0.4, -0.2) is 9.55 Å². The summed E-state index contributed by atoms with van der Waals surface area (Å²) in [6, 6.07) is 67.0. The summed E-state index contributed by atoms with van der Waals surface area (Å²) in [6.45, 7) is 6.93. The number of hydrogen-bond acceptors (Lipinski definition) is 2. The Morgan fingerprint density at radius 2 is 1.02 bits per heavy atom. The molecule has 0 aliphatic carbocycles. The number of fused-ring (bicyclic) bond motifs is 4. The summed E-state index contributed by atoms with van der Waals surface area (Å²) in [5.41, 5.74) is 16.1. The van der Waals surface area contributed by atoms with Gasteiger partial charge in [-0.05, 0) is 92.4 Å². The molecule has 0 unspecified atom stereocenters. The largest absolute Gasteiger partial charge is 0.455 e. The summed E-state index contributed by atoms with van der Waals surface area (Å²) in [5, 5.41) is 2.16. The summed E-state index contributed by atoms with van der Waals surface area (Å²) >= 11 is 0. The predicted molar refractivity (Wildman–Crippen MR) is 234 cm³/mol. The average molecular weight is 721 g/mol. The minimum atomic E-state index is -0.222. The molecule has 2 aromatic heterocycles. The first kappa shape index (κ1) is 33.6. The number of hydrogen-bond donors (Lipinski definition) is 0. The molecule has 0 fully saturated rings. The summed E-state index contributed by atoms with van der Waals surface area (Å²) in [7, 11) is 0. The minimum absolute atomic E-state index is 0.222. The predicted octanol–water partition coefficient (Wildman–Crippen LogP) is 14.6. The molecule has 0 saturated carbocycles. The number of para-hydroxylation sites is 3. The van der Waals surface area contributed by atoms with E-state index in [0.29, 0.717) is 0 Å². The van der Waals surface area contributed by atoms with Crippen LogP contribution in [0.5, 0.6) is 0 Å². The van der Waals surface area contributed by atoms with Gasteiger partial charge in [-0.1, -0.05) is 166 Å². The topological polar surface area (TPSA) is 31.0 Å². The van der Waals surface area contributed by atoms with Gasteiger partial charge in [-0.25, -0.2) is 4.98 Å². The van der Waals surface area contributed by atoms with Crippen molar-refractivity contribution in [1.29, 1.82) is 0 Å². The van der Waals surface area contributed by atoms with Crippen LogP contribution < -0.4 is 0 Å². The van der Waals surface area contributed by atoms with Crippen molar-refractivity contribution in [3.05, 3.63) is 194 Å². The van der Waals surface area contributed by atoms with Crippen LogP contribution in [0.1, 0.15) is 26.3 Å². The third-order valence-electron chi connectivity index (χ3n) is 11.0. The fourth-order valence-corrected chi connectivity index (χ4v) is 8.15. The van der Waals surface area contributed by atoms with E-state index >= 15 is 0 Å². The van der Waals surface area contributed by atoms with Gasteiger partial charge < -0.3 is 4.42 Å². The molecule has 0 atom stereocenters. The average Bonchev–Trinajstić information content (AvgIpc) is 3.82. The van der Waals surface area contributed by atoms with Crippen molar-refractivity contribution in [1.82, 2.24) is 9.55 Å². The molecule has 10 aromatic rings. The van der Waals surface area contributed by atoms with Crippen molar-refractivity contribution < 1.29 is 4.42 Å². The zero-order chi connectivity index (χ0) is 37.8. The minimum Gasteiger partial charge on any atom is -0.455 e. The highest BCUT2D eigenvalue weighted by Crippen LogP contribution is 2.45. The van der Waals surface area contributed by atoms with E-state index in [-0.39, 0.29) is 5.41 Å². The van der Waals surface area contributed by atoms with E-state index in [0.717, 1.165) is 72.3 Å². The smallest absolute Gasteiger partial charge is 0.149 e. The summed E-state index contributed by atoms with van der Waals surface area (Å²) in [6.07, 6.45) is 0. The maximum Gasteiger partial charge on any atom is 0.149 e. The van der Waals surface area contributed by atoms with Gasteiger partial charge in [0, 0.05) is 16.3 Å². The Morgan fingerprint density at radius 3 is 1.70 bits per heavy atom. The van der Waals surface area contributed by atoms with Crippen LogP contribution in [0.2, 0.25) is 0 Å². The van der Waals surface area contributed by atoms with Crippen molar-refractivity contribution in [3.63, 3.8) is 0 Å². The molecule has 0 spiro atoms. The summed E-state index contributed by atoms with van der Waals surface area (Å²) in [5.74, 6) is 0.849. The van der Waals surface area contributed by atoms with Crippen molar-refractivity contribution in [2.45, 2.75) is 26.2 Å². The molecule has 0 bridgehead atoms. The molecule has 10 rings (SSSR count). The monoisotopic (exact) mass is 720 g/mol. The molecule has 3 nitrogen and oxygen atoms in total. The van der Waals surface area contributed by atoms with Gasteiger partial charge in [-0.2, -0.15) is 0 Å². The van der Waals surface area contributed by atoms with E-state index in [1.54, 1.807) is 0 Å². The highest BCUT2D eigenvalue weighted by atomic mass is 16.3. The fraction of sp³-hybridized carbons (Fsp3) is 0.0755. The summed E-state index contributed by atoms with van der Waals surface area (Å²) in [4.78, 5) is 5.42. The van der Waals surface area contributed by atoms with Crippen LogP contribution in [0, 0.1) is 0 Å². The molecule has 0 saturated heterocycles. The Balaban J connectivity index is 1.23. The molecule has 0 aliphatic heterocycles. The van der Waals surface area contributed by atoms with Crippen LogP contribution >= 0.6 is 0 Å². The maximum atomic E-state index is 6.86. The lowest BCUT2D eigenvalue weighted by Crippen LogP contribution is -2.17. The highest BCUT2D eigenvalue weighted by Gasteiger charge is 2.28. The number of aromatic nitrogens is 2. The van der Waals surface area contributed by atoms with Gasteiger partial charge in [-0.3, -0.25) is 4.57 Å². The lowest BCUT2D eigenvalue weighted by molar-refractivity contribution is 0.587. The molecule has 268 valence electrons. The third kappa shape index (κ3) is 5.80. The van der Waals surface area contributed by atoms with E-state index in [1.807, 2.05) is 6.07 Å². The molecular weight excluding hydrogens is 681 g/mol. The number of rotatable bonds is 6. The second-order valence-electron chi connectivity index (χ2n) is 15.6. The third-order valence-corrected chi connectivity index (χ3v) is 11.0. The van der Waals surface area contributed by atoms with Crippen LogP contribution in [0.3, 0.4) is 0 Å². The number of benzene rings is 8. The van der Waals surface area contributed by atoms with E-state index in [1.165, 1.54) is 27.8 Å². The molecule has 8 aromatic carbocycles. The van der Waals surface area contributed by atoms with Crippen LogP contribution in [0.15, 0.2) is 192 Å². The van der Waals surface area contributed by atoms with Gasteiger partial charge in [0.1, 0.15) is 17.0 Å². The molecule has 2 heterocycles. The van der Waals surface area contributed by atoms with Crippen molar-refractivity contribution >= 4 is 33.0 Å². The first-order valence-corrected chi connectivity index (χ1v) is 19.3. The Morgan fingerprint density at radius 1 is 0.446 bits per heavy atom. The number of furan rings is 1. The van der Waals surface area contributed by atoms with Crippen molar-refractivity contribution in [3.8, 4) is 61.6 Å². The fourth-order valence-electron chi connectivity index (χ4n) is 8.15. The van der Waals surface area contributed by atoms with E-state index in [4.69, 9.17) is 9.40 Å². The zero-order valence-electron chi connectivity index (χ0n) is 31.7. The van der Waals surface area contributed by atoms with Gasteiger partial charge in [-0.15, -0.1) is 0 Å². The molecule has 56 heavy (non-hydrogen) atoms. The Kier molecular flexibility index (Phi) is 8.04. The van der Waals surface area contributed by atoms with E-state index in [2.05, 4.69) is 207 Å². The zero-order valence-corrected chi connectivity index (χ0v) is 31.7. The number of nitrogens with zero attached hydrogens (tertiary/aromatic N) is 2. The first-order chi connectivity index (χ1) is 27.4. The van der Waals surface area contributed by atoms with Crippen LogP contribution in [0.25, 0.3) is 94.6 Å². The van der Waals surface area contributed by atoms with Crippen molar-refractivity contribution in [2.24, 2.45) is 0 Å². The summed E-state index contributed by atoms with van der Waals surface area (Å²) < 4.78 is 9.25. The Hall–Kier alpha value is -6.97. The molecule has 0 radical (unpaired) electrons. The SMILES string of the molecule is CC(C)(C)c1cc(-c2ccc(-c3ccccc3)cc2)cc(-c2ccccc2)c1-n1c(-c2cccc3c2oc2cc(-c4ccccc4)ccc23)nc2ccccc21. The van der Waals surface area contributed by atoms with Gasteiger partial charge >= 0.3 is 0 Å². The maximum absolute atomic E-state index is 6.86. The van der Waals surface area contributed by atoms with Crippen LogP contribution in [-0.2, 0) is 5.41 Å². The highest BCUT2D eigenvalue weighted by molar-refractivity contribution is 6.10. The van der Waals surface area contributed by atoms with Gasteiger partial charge in [0.05, 0.1) is 22.3 Å². The standard InChI is InChI=1S/C53H40N2O/c1-53(2,3)46-33-41(38-28-26-37(27-29-38)35-16-7-4-8-17-35)32-45(39-20-11-6-12-21-39)50(46)55-48-25-14-13-24-47(48)54-52(55)44-23-15-22-43-42-31-30-40(34-49(42)56-51(43)44)36-18-9-5-10-19-36/h4-34H,1-3H3. The molecule has 0 N–H and O–H groups in total. The van der Waals surface area contributed by atoms with Gasteiger partial charge in [0.15, 0.2) is 0 Å². The van der Waals surface area contributed by atoms with Gasteiger partial charge in [0.2, 0.25) is 0 Å².